The minimum atomic E-state index is -3.36. The molecule has 8 heteroatoms. The fraction of sp³-hybridized carbons (Fsp3) is 0.0714. The Morgan fingerprint density at radius 1 is 1.09 bits per heavy atom. The molecule has 0 heterocycles. The van der Waals surface area contributed by atoms with Crippen molar-refractivity contribution in [2.24, 2.45) is 0 Å². The smallest absolute Gasteiger partial charge is 0.258 e. The van der Waals surface area contributed by atoms with E-state index in [-0.39, 0.29) is 5.56 Å². The minimum Gasteiger partial charge on any atom is -0.322 e. The normalized spacial score (nSPS) is 11.0. The molecule has 2 N–H and O–H groups in total. The first-order valence-electron chi connectivity index (χ1n) is 6.09. The second-order valence-corrected chi connectivity index (χ2v) is 7.19. The van der Waals surface area contributed by atoms with Crippen molar-refractivity contribution in [3.8, 4) is 0 Å². The Hall–Kier alpha value is -1.93. The van der Waals surface area contributed by atoms with E-state index < -0.39 is 21.7 Å². The summed E-state index contributed by atoms with van der Waals surface area (Å²) in [5.74, 6) is -1.23. The molecule has 0 aromatic heterocycles. The van der Waals surface area contributed by atoms with Gasteiger partial charge in [0.2, 0.25) is 10.0 Å². The van der Waals surface area contributed by atoms with Gasteiger partial charge in [0.15, 0.2) is 0 Å². The van der Waals surface area contributed by atoms with Crippen molar-refractivity contribution in [1.82, 2.24) is 0 Å². The summed E-state index contributed by atoms with van der Waals surface area (Å²) in [5.41, 5.74) is 0.711. The molecular formula is C14H12BrFN2O3S. The van der Waals surface area contributed by atoms with Crippen LogP contribution in [0.1, 0.15) is 10.4 Å². The van der Waals surface area contributed by atoms with E-state index >= 15 is 0 Å². The quantitative estimate of drug-likeness (QED) is 0.846. The number of amides is 1. The molecule has 0 fully saturated rings. The van der Waals surface area contributed by atoms with Gasteiger partial charge in [0, 0.05) is 15.8 Å². The number of halogens is 2. The molecular weight excluding hydrogens is 375 g/mol. The van der Waals surface area contributed by atoms with Crippen molar-refractivity contribution in [1.29, 1.82) is 0 Å². The number of nitrogens with one attached hydrogen (secondary N) is 2. The highest BCUT2D eigenvalue weighted by Crippen LogP contribution is 2.18. The molecule has 1 amide bonds. The molecule has 5 nitrogen and oxygen atoms in total. The summed E-state index contributed by atoms with van der Waals surface area (Å²) in [5, 5.41) is 2.54. The Bertz CT molecular complexity index is 807. The van der Waals surface area contributed by atoms with Crippen molar-refractivity contribution >= 4 is 43.2 Å². The molecule has 0 spiro atoms. The van der Waals surface area contributed by atoms with Crippen LogP contribution in [0, 0.1) is 5.82 Å². The first-order valence-corrected chi connectivity index (χ1v) is 8.77. The SMILES string of the molecule is CS(=O)(=O)Nc1ccc(NC(=O)c2ccc(Br)cc2F)cc1. The third-order valence-electron chi connectivity index (χ3n) is 2.62. The summed E-state index contributed by atoms with van der Waals surface area (Å²) < 4.78 is 38.7. The van der Waals surface area contributed by atoms with Gasteiger partial charge in [-0.05, 0) is 42.5 Å². The van der Waals surface area contributed by atoms with Crippen molar-refractivity contribution in [3.63, 3.8) is 0 Å². The molecule has 0 bridgehead atoms. The number of anilines is 2. The zero-order chi connectivity index (χ0) is 16.3. The van der Waals surface area contributed by atoms with E-state index in [9.17, 15) is 17.6 Å². The topological polar surface area (TPSA) is 75.3 Å². The van der Waals surface area contributed by atoms with Crippen LogP contribution in [0.4, 0.5) is 15.8 Å². The van der Waals surface area contributed by atoms with Crippen LogP contribution in [0.25, 0.3) is 0 Å². The summed E-state index contributed by atoms with van der Waals surface area (Å²) in [6.07, 6.45) is 1.04. The van der Waals surface area contributed by atoms with Crippen LogP contribution in [0.2, 0.25) is 0 Å². The molecule has 0 saturated carbocycles. The Labute approximate surface area is 135 Å². The summed E-state index contributed by atoms with van der Waals surface area (Å²) in [7, 11) is -3.36. The van der Waals surface area contributed by atoms with Crippen LogP contribution in [0.3, 0.4) is 0 Å². The van der Waals surface area contributed by atoms with E-state index in [0.717, 1.165) is 6.26 Å². The molecule has 116 valence electrons. The van der Waals surface area contributed by atoms with Crippen molar-refractivity contribution in [3.05, 3.63) is 58.3 Å². The summed E-state index contributed by atoms with van der Waals surface area (Å²) in [4.78, 5) is 12.0. The van der Waals surface area contributed by atoms with Gasteiger partial charge in [-0.15, -0.1) is 0 Å². The maximum Gasteiger partial charge on any atom is 0.258 e. The average molecular weight is 387 g/mol. The first kappa shape index (κ1) is 16.4. The number of rotatable bonds is 4. The van der Waals surface area contributed by atoms with Gasteiger partial charge in [0.1, 0.15) is 5.82 Å². The van der Waals surface area contributed by atoms with E-state index in [0.29, 0.717) is 15.8 Å². The van der Waals surface area contributed by atoms with E-state index in [4.69, 9.17) is 0 Å². The first-order chi connectivity index (χ1) is 10.2. The second-order valence-electron chi connectivity index (χ2n) is 4.53. The van der Waals surface area contributed by atoms with Gasteiger partial charge >= 0.3 is 0 Å². The number of hydrogen-bond donors (Lipinski definition) is 2. The molecule has 0 aliphatic carbocycles. The third-order valence-corrected chi connectivity index (χ3v) is 3.72. The van der Waals surface area contributed by atoms with Crippen molar-refractivity contribution < 1.29 is 17.6 Å². The number of hydrogen-bond acceptors (Lipinski definition) is 3. The molecule has 2 aromatic carbocycles. The Kier molecular flexibility index (Phi) is 4.82. The molecule has 0 saturated heterocycles. The van der Waals surface area contributed by atoms with Gasteiger partial charge in [-0.3, -0.25) is 9.52 Å². The average Bonchev–Trinajstić information content (AvgIpc) is 2.39. The van der Waals surface area contributed by atoms with Gasteiger partial charge in [0.05, 0.1) is 11.8 Å². The monoisotopic (exact) mass is 386 g/mol. The largest absolute Gasteiger partial charge is 0.322 e. The lowest BCUT2D eigenvalue weighted by molar-refractivity contribution is 0.102. The van der Waals surface area contributed by atoms with Gasteiger partial charge in [-0.2, -0.15) is 0 Å². The molecule has 22 heavy (non-hydrogen) atoms. The van der Waals surface area contributed by atoms with Gasteiger partial charge in [-0.25, -0.2) is 12.8 Å². The molecule has 2 aromatic rings. The third kappa shape index (κ3) is 4.54. The molecule has 0 atom stereocenters. The molecule has 0 aliphatic heterocycles. The number of sulfonamides is 1. The fourth-order valence-electron chi connectivity index (χ4n) is 1.71. The van der Waals surface area contributed by atoms with Crippen LogP contribution in [0.5, 0.6) is 0 Å². The minimum absolute atomic E-state index is 0.0819. The number of carbonyl (C=O) groups excluding carboxylic acids is 1. The van der Waals surface area contributed by atoms with Crippen LogP contribution >= 0.6 is 15.9 Å². The highest BCUT2D eigenvalue weighted by molar-refractivity contribution is 9.10. The lowest BCUT2D eigenvalue weighted by atomic mass is 10.2. The van der Waals surface area contributed by atoms with Gasteiger partial charge in [0.25, 0.3) is 5.91 Å². The predicted molar refractivity (Wildman–Crippen MR) is 87.0 cm³/mol. The molecule has 2 rings (SSSR count). The molecule has 0 aliphatic rings. The zero-order valence-corrected chi connectivity index (χ0v) is 13.8. The lowest BCUT2D eigenvalue weighted by Crippen LogP contribution is -2.14. The zero-order valence-electron chi connectivity index (χ0n) is 11.4. The molecule has 0 unspecified atom stereocenters. The predicted octanol–water partition coefficient (Wildman–Crippen LogP) is 3.21. The second kappa shape index (κ2) is 6.45. The number of carbonyl (C=O) groups is 1. The van der Waals surface area contributed by atoms with Gasteiger partial charge in [-0.1, -0.05) is 15.9 Å². The van der Waals surface area contributed by atoms with E-state index in [2.05, 4.69) is 26.0 Å². The summed E-state index contributed by atoms with van der Waals surface area (Å²) >= 11 is 3.12. The van der Waals surface area contributed by atoms with Crippen LogP contribution in [0.15, 0.2) is 46.9 Å². The standard InChI is InChI=1S/C14H12BrFN2O3S/c1-22(20,21)18-11-5-3-10(4-6-11)17-14(19)12-7-2-9(15)8-13(12)16/h2-8,18H,1H3,(H,17,19). The number of benzene rings is 2. The fourth-order valence-corrected chi connectivity index (χ4v) is 2.61. The van der Waals surface area contributed by atoms with Crippen LogP contribution in [-0.2, 0) is 10.0 Å². The van der Waals surface area contributed by atoms with E-state index in [1.54, 1.807) is 6.07 Å². The lowest BCUT2D eigenvalue weighted by Gasteiger charge is -2.08. The van der Waals surface area contributed by atoms with Gasteiger partial charge < -0.3 is 5.32 Å². The Morgan fingerprint density at radius 2 is 1.68 bits per heavy atom. The van der Waals surface area contributed by atoms with Crippen LogP contribution < -0.4 is 10.0 Å². The van der Waals surface area contributed by atoms with Crippen molar-refractivity contribution in [2.75, 3.05) is 16.3 Å². The summed E-state index contributed by atoms with van der Waals surface area (Å²) in [6.45, 7) is 0. The van der Waals surface area contributed by atoms with Crippen LogP contribution in [-0.4, -0.2) is 20.6 Å². The maximum atomic E-state index is 13.7. The maximum absolute atomic E-state index is 13.7. The molecule has 0 radical (unpaired) electrons. The summed E-state index contributed by atoms with van der Waals surface area (Å²) in [6, 6.07) is 10.2. The van der Waals surface area contributed by atoms with E-state index in [1.165, 1.54) is 36.4 Å². The highest BCUT2D eigenvalue weighted by Gasteiger charge is 2.12. The Balaban J connectivity index is 2.12. The van der Waals surface area contributed by atoms with E-state index in [1.807, 2.05) is 0 Å². The van der Waals surface area contributed by atoms with Crippen molar-refractivity contribution in [2.45, 2.75) is 0 Å². The highest BCUT2D eigenvalue weighted by atomic mass is 79.9. The Morgan fingerprint density at radius 3 is 2.23 bits per heavy atom.